The van der Waals surface area contributed by atoms with E-state index in [1.54, 1.807) is 6.07 Å². The molecule has 3 unspecified atom stereocenters. The molecular weight excluding hydrogens is 326 g/mol. The van der Waals surface area contributed by atoms with Gasteiger partial charge >= 0.3 is 5.97 Å². The molecule has 2 fully saturated rings. The van der Waals surface area contributed by atoms with Crippen LogP contribution in [0.2, 0.25) is 0 Å². The van der Waals surface area contributed by atoms with Crippen molar-refractivity contribution in [3.63, 3.8) is 0 Å². The van der Waals surface area contributed by atoms with E-state index in [0.29, 0.717) is 35.5 Å². The minimum atomic E-state index is -1.62. The van der Waals surface area contributed by atoms with E-state index in [4.69, 9.17) is 4.74 Å². The molecule has 0 bridgehead atoms. The molecule has 1 saturated carbocycles. The van der Waals surface area contributed by atoms with Crippen molar-refractivity contribution in [2.24, 2.45) is 17.8 Å². The fourth-order valence-electron chi connectivity index (χ4n) is 4.28. The smallest absolute Gasteiger partial charge is 0.348 e. The van der Waals surface area contributed by atoms with Gasteiger partial charge in [-0.05, 0) is 74.4 Å². The molecule has 136 valence electrons. The first-order chi connectivity index (χ1) is 12.5. The van der Waals surface area contributed by atoms with Gasteiger partial charge in [-0.2, -0.15) is 0 Å². The topological polar surface area (TPSA) is 58.6 Å². The number of aryl methyl sites for hydroxylation is 2. The molecular formula is C22H25NO3. The van der Waals surface area contributed by atoms with E-state index < -0.39 is 11.6 Å². The first-order valence-corrected chi connectivity index (χ1v) is 9.26. The maximum atomic E-state index is 13.1. The summed E-state index contributed by atoms with van der Waals surface area (Å²) >= 11 is 0. The second-order valence-electron chi connectivity index (χ2n) is 7.79. The number of ether oxygens (including phenoxy) is 1. The Labute approximate surface area is 154 Å². The van der Waals surface area contributed by atoms with E-state index in [0.717, 1.165) is 24.2 Å². The van der Waals surface area contributed by atoms with Crippen LogP contribution in [0, 0.1) is 31.6 Å². The van der Waals surface area contributed by atoms with Crippen LogP contribution in [0.1, 0.15) is 23.1 Å². The molecule has 0 radical (unpaired) electrons. The van der Waals surface area contributed by atoms with Gasteiger partial charge in [0, 0.05) is 0 Å². The Morgan fingerprint density at radius 3 is 2.42 bits per heavy atom. The second kappa shape index (κ2) is 6.53. The lowest BCUT2D eigenvalue weighted by Gasteiger charge is -2.27. The maximum Gasteiger partial charge on any atom is 0.348 e. The number of carbonyl (C=O) groups excluding carboxylic acids is 1. The van der Waals surface area contributed by atoms with Crippen LogP contribution in [0.15, 0.2) is 48.5 Å². The summed E-state index contributed by atoms with van der Waals surface area (Å²) in [6.45, 7) is 5.87. The quantitative estimate of drug-likeness (QED) is 0.642. The van der Waals surface area contributed by atoms with Crippen LogP contribution >= 0.6 is 0 Å². The van der Waals surface area contributed by atoms with Gasteiger partial charge in [0.25, 0.3) is 0 Å². The van der Waals surface area contributed by atoms with E-state index in [1.165, 1.54) is 0 Å². The molecule has 2 N–H and O–H groups in total. The van der Waals surface area contributed by atoms with Crippen molar-refractivity contribution in [3.05, 3.63) is 65.2 Å². The highest BCUT2D eigenvalue weighted by Crippen LogP contribution is 2.54. The van der Waals surface area contributed by atoms with Gasteiger partial charge in [0.05, 0.1) is 0 Å². The van der Waals surface area contributed by atoms with Crippen molar-refractivity contribution in [1.82, 2.24) is 5.32 Å². The van der Waals surface area contributed by atoms with Crippen LogP contribution in [-0.4, -0.2) is 24.2 Å². The SMILES string of the molecule is Cc1cccc(OC(=O)C(O)(CC2C3CNCC32)c2cccc(C)c2)c1. The van der Waals surface area contributed by atoms with Gasteiger partial charge in [-0.1, -0.05) is 42.0 Å². The Morgan fingerprint density at radius 1 is 1.12 bits per heavy atom. The molecule has 4 heteroatoms. The minimum Gasteiger partial charge on any atom is -0.424 e. The Kier molecular flexibility index (Phi) is 4.33. The summed E-state index contributed by atoms with van der Waals surface area (Å²) in [5, 5.41) is 14.8. The van der Waals surface area contributed by atoms with Crippen molar-refractivity contribution in [1.29, 1.82) is 0 Å². The molecule has 26 heavy (non-hydrogen) atoms. The van der Waals surface area contributed by atoms with Gasteiger partial charge < -0.3 is 15.2 Å². The first-order valence-electron chi connectivity index (χ1n) is 9.26. The van der Waals surface area contributed by atoms with Crippen LogP contribution in [0.25, 0.3) is 0 Å². The molecule has 4 rings (SSSR count). The standard InChI is InChI=1S/C22H25NO3/c1-14-5-3-7-16(9-14)22(25,11-18-19-12-23-13-20(18)19)21(24)26-17-8-4-6-15(2)10-17/h3-10,18-20,23,25H,11-13H2,1-2H3. The zero-order valence-corrected chi connectivity index (χ0v) is 15.2. The average Bonchev–Trinajstić information content (AvgIpc) is 3.03. The van der Waals surface area contributed by atoms with Gasteiger partial charge in [-0.3, -0.25) is 0 Å². The molecule has 1 aliphatic carbocycles. The van der Waals surface area contributed by atoms with Crippen LogP contribution in [0.3, 0.4) is 0 Å². The second-order valence-corrected chi connectivity index (χ2v) is 7.79. The number of aliphatic hydroxyl groups is 1. The molecule has 0 spiro atoms. The molecule has 4 nitrogen and oxygen atoms in total. The molecule has 0 aromatic heterocycles. The average molecular weight is 351 g/mol. The molecule has 2 aliphatic rings. The lowest BCUT2D eigenvalue weighted by Crippen LogP contribution is -2.40. The molecule has 3 atom stereocenters. The Balaban J connectivity index is 1.62. The Morgan fingerprint density at radius 2 is 1.77 bits per heavy atom. The maximum absolute atomic E-state index is 13.1. The highest BCUT2D eigenvalue weighted by atomic mass is 16.6. The first kappa shape index (κ1) is 17.3. The Bertz CT molecular complexity index is 824. The van der Waals surface area contributed by atoms with Gasteiger partial charge in [0.1, 0.15) is 5.75 Å². The summed E-state index contributed by atoms with van der Waals surface area (Å²) in [6, 6.07) is 14.9. The summed E-state index contributed by atoms with van der Waals surface area (Å²) in [6.07, 6.45) is 0.415. The lowest BCUT2D eigenvalue weighted by molar-refractivity contribution is -0.158. The summed E-state index contributed by atoms with van der Waals surface area (Å²) in [4.78, 5) is 13.1. The third kappa shape index (κ3) is 3.15. The summed E-state index contributed by atoms with van der Waals surface area (Å²) < 4.78 is 5.60. The monoisotopic (exact) mass is 351 g/mol. The molecule has 2 aromatic rings. The number of carbonyl (C=O) groups is 1. The minimum absolute atomic E-state index is 0.367. The van der Waals surface area contributed by atoms with Crippen molar-refractivity contribution >= 4 is 5.97 Å². The van der Waals surface area contributed by atoms with E-state index in [-0.39, 0.29) is 0 Å². The van der Waals surface area contributed by atoms with Crippen molar-refractivity contribution in [2.45, 2.75) is 25.9 Å². The lowest BCUT2D eigenvalue weighted by atomic mass is 9.86. The van der Waals surface area contributed by atoms with Gasteiger partial charge in [0.2, 0.25) is 0 Å². The number of hydrogen-bond donors (Lipinski definition) is 2. The van der Waals surface area contributed by atoms with E-state index >= 15 is 0 Å². The van der Waals surface area contributed by atoms with Gasteiger partial charge in [0.15, 0.2) is 5.60 Å². The largest absolute Gasteiger partial charge is 0.424 e. The van der Waals surface area contributed by atoms with E-state index in [1.807, 2.05) is 56.3 Å². The third-order valence-electron chi connectivity index (χ3n) is 5.83. The fraction of sp³-hybridized carbons (Fsp3) is 0.409. The molecule has 2 aromatic carbocycles. The predicted octanol–water partition coefficient (Wildman–Crippen LogP) is 2.95. The number of piperidine rings is 1. The van der Waals surface area contributed by atoms with Crippen molar-refractivity contribution < 1.29 is 14.6 Å². The fourth-order valence-corrected chi connectivity index (χ4v) is 4.28. The number of esters is 1. The number of rotatable bonds is 5. The van der Waals surface area contributed by atoms with Gasteiger partial charge in [-0.15, -0.1) is 0 Å². The molecule has 1 saturated heterocycles. The zero-order valence-electron chi connectivity index (χ0n) is 15.2. The van der Waals surface area contributed by atoms with Crippen LogP contribution in [-0.2, 0) is 10.4 Å². The highest BCUT2D eigenvalue weighted by Gasteiger charge is 2.57. The van der Waals surface area contributed by atoms with Crippen LogP contribution in [0.5, 0.6) is 5.75 Å². The van der Waals surface area contributed by atoms with Crippen molar-refractivity contribution in [3.8, 4) is 5.75 Å². The predicted molar refractivity (Wildman–Crippen MR) is 99.8 cm³/mol. The summed E-state index contributed by atoms with van der Waals surface area (Å²) in [7, 11) is 0. The van der Waals surface area contributed by atoms with Crippen LogP contribution in [0.4, 0.5) is 0 Å². The summed E-state index contributed by atoms with van der Waals surface area (Å²) in [5.41, 5.74) is 1.03. The van der Waals surface area contributed by atoms with Crippen LogP contribution < -0.4 is 10.1 Å². The summed E-state index contributed by atoms with van der Waals surface area (Å²) in [5.74, 6) is 1.38. The zero-order chi connectivity index (χ0) is 18.3. The number of nitrogens with one attached hydrogen (secondary N) is 1. The number of hydrogen-bond acceptors (Lipinski definition) is 4. The normalized spacial score (nSPS) is 26.0. The van der Waals surface area contributed by atoms with Gasteiger partial charge in [-0.25, -0.2) is 4.79 Å². The number of benzene rings is 2. The molecule has 1 heterocycles. The third-order valence-corrected chi connectivity index (χ3v) is 5.83. The number of fused-ring (bicyclic) bond motifs is 1. The highest BCUT2D eigenvalue weighted by molar-refractivity contribution is 5.83. The van der Waals surface area contributed by atoms with E-state index in [2.05, 4.69) is 5.32 Å². The Hall–Kier alpha value is -2.17. The van der Waals surface area contributed by atoms with E-state index in [9.17, 15) is 9.90 Å². The molecule has 1 aliphatic heterocycles. The van der Waals surface area contributed by atoms with Crippen molar-refractivity contribution in [2.75, 3.05) is 13.1 Å². The molecule has 0 amide bonds.